The number of aliphatic hydroxyl groups is 1. The lowest BCUT2D eigenvalue weighted by Gasteiger charge is -2.37. The Balaban J connectivity index is 1.61. The highest BCUT2D eigenvalue weighted by Gasteiger charge is 2.30. The number of imide groups is 1. The van der Waals surface area contributed by atoms with Crippen LogP contribution in [0, 0.1) is 5.92 Å². The van der Waals surface area contributed by atoms with Crippen molar-refractivity contribution in [3.63, 3.8) is 0 Å². The minimum absolute atomic E-state index is 0.0370. The molecule has 1 saturated heterocycles. The molecule has 0 radical (unpaired) electrons. The zero-order valence-corrected chi connectivity index (χ0v) is 18.0. The minimum Gasteiger partial charge on any atom is -0.395 e. The summed E-state index contributed by atoms with van der Waals surface area (Å²) in [7, 11) is 0. The molecule has 0 saturated carbocycles. The lowest BCUT2D eigenvalue weighted by Crippen LogP contribution is -2.49. The van der Waals surface area contributed by atoms with E-state index in [4.69, 9.17) is 16.7 Å². The van der Waals surface area contributed by atoms with Crippen molar-refractivity contribution < 1.29 is 19.5 Å². The summed E-state index contributed by atoms with van der Waals surface area (Å²) in [5.41, 5.74) is 1.60. The van der Waals surface area contributed by atoms with E-state index in [1.165, 1.54) is 6.08 Å². The first-order valence-corrected chi connectivity index (χ1v) is 10.5. The number of benzene rings is 1. The lowest BCUT2D eigenvalue weighted by molar-refractivity contribution is -0.137. The molecule has 1 aromatic carbocycles. The van der Waals surface area contributed by atoms with Gasteiger partial charge in [0.05, 0.1) is 23.9 Å². The van der Waals surface area contributed by atoms with Crippen LogP contribution in [0.25, 0.3) is 0 Å². The molecule has 0 spiro atoms. The second-order valence-electron chi connectivity index (χ2n) is 7.83. The van der Waals surface area contributed by atoms with Crippen LogP contribution in [0.3, 0.4) is 0 Å². The molecule has 0 unspecified atom stereocenters. The van der Waals surface area contributed by atoms with Gasteiger partial charge >= 0.3 is 0 Å². The van der Waals surface area contributed by atoms with Crippen LogP contribution in [0.15, 0.2) is 30.0 Å². The van der Waals surface area contributed by atoms with Gasteiger partial charge in [0, 0.05) is 44.4 Å². The molecule has 2 heterocycles. The van der Waals surface area contributed by atoms with E-state index >= 15 is 0 Å². The normalized spacial score (nSPS) is 17.1. The number of hydrogen-bond acceptors (Lipinski definition) is 6. The predicted molar refractivity (Wildman–Crippen MR) is 115 cm³/mol. The van der Waals surface area contributed by atoms with E-state index in [0.29, 0.717) is 49.2 Å². The van der Waals surface area contributed by atoms with Gasteiger partial charge in [-0.25, -0.2) is 0 Å². The van der Waals surface area contributed by atoms with E-state index < -0.39 is 11.8 Å². The van der Waals surface area contributed by atoms with Gasteiger partial charge in [0.2, 0.25) is 5.91 Å². The number of piperazine rings is 1. The van der Waals surface area contributed by atoms with Crippen molar-refractivity contribution in [2.75, 3.05) is 49.5 Å². The number of nitrogens with one attached hydrogen (secondary N) is 1. The number of amides is 3. The first-order chi connectivity index (χ1) is 14.3. The molecule has 2 aliphatic heterocycles. The van der Waals surface area contributed by atoms with Crippen LogP contribution in [0.1, 0.15) is 20.3 Å². The number of halogens is 1. The Labute approximate surface area is 181 Å². The average Bonchev–Trinajstić information content (AvgIpc) is 2.95. The lowest BCUT2D eigenvalue weighted by atomic mass is 10.1. The Bertz CT molecular complexity index is 863. The molecule has 0 aromatic heterocycles. The molecule has 0 aliphatic carbocycles. The quantitative estimate of drug-likeness (QED) is 0.634. The fraction of sp³-hybridized carbons (Fsp3) is 0.476. The van der Waals surface area contributed by atoms with E-state index in [9.17, 15) is 14.4 Å². The van der Waals surface area contributed by atoms with E-state index in [-0.39, 0.29) is 24.8 Å². The van der Waals surface area contributed by atoms with Crippen molar-refractivity contribution in [2.24, 2.45) is 5.92 Å². The topological polar surface area (TPSA) is 93.2 Å². The zero-order chi connectivity index (χ0) is 21.8. The molecule has 3 amide bonds. The molecule has 2 aliphatic rings. The van der Waals surface area contributed by atoms with Crippen LogP contribution in [-0.2, 0) is 14.4 Å². The number of β-amino-alcohol motifs (C(OH)–C–C–N with tert-alkyl or cyclic N) is 1. The van der Waals surface area contributed by atoms with Crippen LogP contribution in [0.2, 0.25) is 5.02 Å². The van der Waals surface area contributed by atoms with Crippen LogP contribution in [0.4, 0.5) is 11.4 Å². The van der Waals surface area contributed by atoms with E-state index in [0.717, 1.165) is 10.6 Å². The Morgan fingerprint density at radius 3 is 2.50 bits per heavy atom. The fourth-order valence-corrected chi connectivity index (χ4v) is 3.88. The van der Waals surface area contributed by atoms with Crippen molar-refractivity contribution in [1.82, 2.24) is 9.80 Å². The maximum Gasteiger partial charge on any atom is 0.277 e. The highest BCUT2D eigenvalue weighted by atomic mass is 35.5. The first kappa shape index (κ1) is 22.1. The number of aliphatic hydroxyl groups excluding tert-OH is 1. The summed E-state index contributed by atoms with van der Waals surface area (Å²) in [4.78, 5) is 41.4. The molecule has 2 N–H and O–H groups in total. The number of anilines is 2. The summed E-state index contributed by atoms with van der Waals surface area (Å²) in [6, 6.07) is 5.37. The van der Waals surface area contributed by atoms with Gasteiger partial charge in [-0.3, -0.25) is 19.3 Å². The van der Waals surface area contributed by atoms with Crippen molar-refractivity contribution in [3.8, 4) is 0 Å². The van der Waals surface area contributed by atoms with Crippen LogP contribution in [0.5, 0.6) is 0 Å². The number of nitrogens with zero attached hydrogens (tertiary/aromatic N) is 3. The summed E-state index contributed by atoms with van der Waals surface area (Å²) in [5.74, 6) is -0.395. The Morgan fingerprint density at radius 2 is 1.90 bits per heavy atom. The molecule has 162 valence electrons. The first-order valence-electron chi connectivity index (χ1n) is 10.1. The third-order valence-corrected chi connectivity index (χ3v) is 5.42. The molecule has 30 heavy (non-hydrogen) atoms. The van der Waals surface area contributed by atoms with Crippen LogP contribution >= 0.6 is 11.6 Å². The summed E-state index contributed by atoms with van der Waals surface area (Å²) in [6.45, 7) is 6.48. The number of carbonyl (C=O) groups excluding carboxylic acids is 3. The number of hydrogen-bond donors (Lipinski definition) is 2. The molecule has 1 fully saturated rings. The zero-order valence-electron chi connectivity index (χ0n) is 17.2. The Kier molecular flexibility index (Phi) is 6.99. The van der Waals surface area contributed by atoms with E-state index in [1.807, 2.05) is 24.8 Å². The number of carbonyl (C=O) groups is 3. The second kappa shape index (κ2) is 9.49. The van der Waals surface area contributed by atoms with Crippen LogP contribution < -0.4 is 10.2 Å². The average molecular weight is 435 g/mol. The molecular weight excluding hydrogens is 408 g/mol. The van der Waals surface area contributed by atoms with Crippen molar-refractivity contribution in [2.45, 2.75) is 20.3 Å². The summed E-state index contributed by atoms with van der Waals surface area (Å²) >= 11 is 6.48. The molecular formula is C21H27ClN4O4. The number of rotatable bonds is 7. The maximum atomic E-state index is 12.3. The van der Waals surface area contributed by atoms with E-state index in [1.54, 1.807) is 12.1 Å². The third-order valence-electron chi connectivity index (χ3n) is 5.12. The fourth-order valence-electron chi connectivity index (χ4n) is 3.58. The highest BCUT2D eigenvalue weighted by molar-refractivity contribution is 6.33. The van der Waals surface area contributed by atoms with Gasteiger partial charge in [-0.15, -0.1) is 0 Å². The Morgan fingerprint density at radius 1 is 1.20 bits per heavy atom. The van der Waals surface area contributed by atoms with Gasteiger partial charge in [-0.1, -0.05) is 25.4 Å². The van der Waals surface area contributed by atoms with Gasteiger partial charge in [-0.05, 0) is 24.1 Å². The summed E-state index contributed by atoms with van der Waals surface area (Å²) < 4.78 is 0. The van der Waals surface area contributed by atoms with Gasteiger partial charge in [0.15, 0.2) is 0 Å². The van der Waals surface area contributed by atoms with Crippen molar-refractivity contribution in [3.05, 3.63) is 35.0 Å². The largest absolute Gasteiger partial charge is 0.395 e. The monoisotopic (exact) mass is 434 g/mol. The van der Waals surface area contributed by atoms with Gasteiger partial charge in [0.25, 0.3) is 11.8 Å². The SMILES string of the molecule is CC(C)CC(=O)N1CCN(c2ccc(NC3=CC(=O)N(CCO)C3=O)cc2Cl)CC1. The van der Waals surface area contributed by atoms with Crippen molar-refractivity contribution in [1.29, 1.82) is 0 Å². The van der Waals surface area contributed by atoms with Crippen molar-refractivity contribution >= 4 is 40.7 Å². The molecule has 8 nitrogen and oxygen atoms in total. The van der Waals surface area contributed by atoms with Crippen LogP contribution in [-0.4, -0.2) is 72.0 Å². The summed E-state index contributed by atoms with van der Waals surface area (Å²) in [5, 5.41) is 12.4. The second-order valence-corrected chi connectivity index (χ2v) is 8.24. The molecule has 0 atom stereocenters. The Hall–Kier alpha value is -2.58. The molecule has 3 rings (SSSR count). The van der Waals surface area contributed by atoms with Gasteiger partial charge in [0.1, 0.15) is 5.70 Å². The predicted octanol–water partition coefficient (Wildman–Crippen LogP) is 1.69. The minimum atomic E-state index is -0.476. The van der Waals surface area contributed by atoms with Gasteiger partial charge < -0.3 is 20.2 Å². The smallest absolute Gasteiger partial charge is 0.277 e. The standard InChI is InChI=1S/C21H27ClN4O4/c1-14(2)11-19(28)25-7-5-24(6-8-25)18-4-3-15(12-16(18)22)23-17-13-20(29)26(9-10-27)21(17)30/h3-4,12-14,23,27H,5-11H2,1-2H3. The molecule has 0 bridgehead atoms. The van der Waals surface area contributed by atoms with Gasteiger partial charge in [-0.2, -0.15) is 0 Å². The molecule has 9 heteroatoms. The molecule has 1 aromatic rings. The third kappa shape index (κ3) is 4.94. The maximum absolute atomic E-state index is 12.3. The van der Waals surface area contributed by atoms with E-state index in [2.05, 4.69) is 10.2 Å². The summed E-state index contributed by atoms with van der Waals surface area (Å²) in [6.07, 6.45) is 1.78. The highest BCUT2D eigenvalue weighted by Crippen LogP contribution is 2.30.